The largest absolute Gasteiger partial charge is 0.477 e. The average Bonchev–Trinajstić information content (AvgIpc) is 3.55. The van der Waals surface area contributed by atoms with Gasteiger partial charge in [-0.2, -0.15) is 5.26 Å². The van der Waals surface area contributed by atoms with Crippen LogP contribution in [0.4, 0.5) is 0 Å². The van der Waals surface area contributed by atoms with Gasteiger partial charge in [0.05, 0.1) is 18.3 Å². The molecule has 38 heavy (non-hydrogen) atoms. The summed E-state index contributed by atoms with van der Waals surface area (Å²) in [5.74, 6) is 1.45. The van der Waals surface area contributed by atoms with Crippen LogP contribution in [0, 0.1) is 24.2 Å². The lowest BCUT2D eigenvalue weighted by Gasteiger charge is -2.36. The second-order valence-corrected chi connectivity index (χ2v) is 10.6. The third-order valence-corrected chi connectivity index (χ3v) is 7.75. The van der Waals surface area contributed by atoms with Crippen molar-refractivity contribution in [3.63, 3.8) is 0 Å². The van der Waals surface area contributed by atoms with Crippen LogP contribution in [0.25, 0.3) is 22.3 Å². The van der Waals surface area contributed by atoms with E-state index in [0.29, 0.717) is 41.7 Å². The Morgan fingerprint density at radius 3 is 2.66 bits per heavy atom. The lowest BCUT2D eigenvalue weighted by molar-refractivity contribution is -0.138. The zero-order valence-corrected chi connectivity index (χ0v) is 22.1. The molecular weight excluding hydrogens is 478 g/mol. The Balaban J connectivity index is 0.00000336. The molecule has 3 aromatic rings. The van der Waals surface area contributed by atoms with Gasteiger partial charge in [0.1, 0.15) is 11.7 Å². The maximum atomic E-state index is 13.1. The molecule has 2 saturated heterocycles. The number of nitrogens with zero attached hydrogens (tertiary/aromatic N) is 7. The van der Waals surface area contributed by atoms with E-state index in [2.05, 4.69) is 44.7 Å². The first-order valence-corrected chi connectivity index (χ1v) is 13.2. The Labute approximate surface area is 225 Å². The van der Waals surface area contributed by atoms with E-state index in [1.807, 2.05) is 36.9 Å². The maximum Gasteiger partial charge on any atom is 0.239 e. The normalized spacial score (nSPS) is 18.5. The molecule has 0 aromatic carbocycles. The highest BCUT2D eigenvalue weighted by Crippen LogP contribution is 2.30. The van der Waals surface area contributed by atoms with Gasteiger partial charge in [-0.1, -0.05) is 7.43 Å². The monoisotopic (exact) mass is 517 g/mol. The number of aromatic nitrogens is 4. The third kappa shape index (κ3) is 5.37. The van der Waals surface area contributed by atoms with E-state index in [1.54, 1.807) is 6.20 Å². The highest BCUT2D eigenvalue weighted by molar-refractivity contribution is 5.91. The average molecular weight is 518 g/mol. The van der Waals surface area contributed by atoms with Gasteiger partial charge in [0, 0.05) is 55.1 Å². The van der Waals surface area contributed by atoms with E-state index < -0.39 is 0 Å². The van der Waals surface area contributed by atoms with Crippen molar-refractivity contribution in [2.45, 2.75) is 66.0 Å². The van der Waals surface area contributed by atoms with Gasteiger partial charge in [-0.25, -0.2) is 15.0 Å². The van der Waals surface area contributed by atoms with Crippen LogP contribution in [0.3, 0.4) is 0 Å². The molecule has 0 unspecified atom stereocenters. The molecular formula is C29H39N7O2. The van der Waals surface area contributed by atoms with Crippen LogP contribution >= 0.6 is 0 Å². The van der Waals surface area contributed by atoms with Crippen LogP contribution in [0.5, 0.6) is 5.88 Å². The number of nitriles is 1. The van der Waals surface area contributed by atoms with Gasteiger partial charge in [0.2, 0.25) is 17.6 Å². The number of likely N-dealkylation sites (tertiary alicyclic amines) is 2. The van der Waals surface area contributed by atoms with Crippen molar-refractivity contribution in [2.75, 3.05) is 26.2 Å². The Hall–Kier alpha value is -3.51. The number of piperidine rings is 1. The Morgan fingerprint density at radius 1 is 1.21 bits per heavy atom. The molecule has 0 radical (unpaired) electrons. The molecule has 9 heteroatoms. The molecule has 0 aliphatic carbocycles. The predicted molar refractivity (Wildman–Crippen MR) is 148 cm³/mol. The summed E-state index contributed by atoms with van der Waals surface area (Å²) in [6.45, 7) is 9.53. The van der Waals surface area contributed by atoms with Crippen molar-refractivity contribution in [2.24, 2.45) is 13.0 Å². The van der Waals surface area contributed by atoms with Crippen LogP contribution in [-0.4, -0.2) is 73.6 Å². The van der Waals surface area contributed by atoms with Crippen molar-refractivity contribution < 1.29 is 9.53 Å². The number of fused-ring (bicyclic) bond motifs is 1. The molecule has 0 spiro atoms. The summed E-state index contributed by atoms with van der Waals surface area (Å²) in [7, 11) is 1.90. The van der Waals surface area contributed by atoms with Gasteiger partial charge in [0.25, 0.3) is 0 Å². The number of aryl methyl sites for hydroxylation is 2. The highest BCUT2D eigenvalue weighted by Gasteiger charge is 2.36. The number of rotatable bonds is 6. The quantitative estimate of drug-likeness (QED) is 0.480. The SMILES string of the molecule is C.Cc1cc(-c2nc(C#N)nc3c2ccn3C)cnc1OCC1CCN(C(=O)[C@@H]2CCCN2C(C)C)CC1. The molecule has 1 amide bonds. The van der Waals surface area contributed by atoms with Crippen LogP contribution in [0.2, 0.25) is 0 Å². The third-order valence-electron chi connectivity index (χ3n) is 7.75. The number of carbonyl (C=O) groups is 1. The highest BCUT2D eigenvalue weighted by atomic mass is 16.5. The standard InChI is InChI=1S/C28H35N7O2.CH4/c1-18(2)35-10-5-6-23(35)28(36)34-12-7-20(8-13-34)17-37-27-19(3)14-21(16-30-27)25-22-9-11-33(4)26(22)32-24(15-29)31-25;/h9,11,14,16,18,20,23H,5-8,10,12-13,17H2,1-4H3;1H4/t23-;/m0./s1. The van der Waals surface area contributed by atoms with E-state index in [-0.39, 0.29) is 19.3 Å². The van der Waals surface area contributed by atoms with E-state index in [0.717, 1.165) is 61.8 Å². The number of hydrogen-bond acceptors (Lipinski definition) is 7. The first kappa shape index (κ1) is 27.5. The summed E-state index contributed by atoms with van der Waals surface area (Å²) in [6, 6.07) is 6.47. The summed E-state index contributed by atoms with van der Waals surface area (Å²) in [5.41, 5.74) is 3.16. The van der Waals surface area contributed by atoms with Gasteiger partial charge < -0.3 is 14.2 Å². The molecule has 0 bridgehead atoms. The van der Waals surface area contributed by atoms with E-state index in [1.165, 1.54) is 0 Å². The molecule has 9 nitrogen and oxygen atoms in total. The van der Waals surface area contributed by atoms with E-state index in [9.17, 15) is 10.1 Å². The van der Waals surface area contributed by atoms with Crippen molar-refractivity contribution in [3.8, 4) is 23.2 Å². The fraction of sp³-hybridized carbons (Fsp3) is 0.552. The molecule has 0 N–H and O–H groups in total. The molecule has 2 aliphatic heterocycles. The minimum absolute atomic E-state index is 0. The van der Waals surface area contributed by atoms with Gasteiger partial charge in [0.15, 0.2) is 0 Å². The fourth-order valence-electron chi connectivity index (χ4n) is 5.65. The first-order valence-electron chi connectivity index (χ1n) is 13.2. The predicted octanol–water partition coefficient (Wildman–Crippen LogP) is 4.34. The van der Waals surface area contributed by atoms with E-state index in [4.69, 9.17) is 4.74 Å². The fourth-order valence-corrected chi connectivity index (χ4v) is 5.65. The first-order chi connectivity index (χ1) is 17.9. The number of amides is 1. The maximum absolute atomic E-state index is 13.1. The summed E-state index contributed by atoms with van der Waals surface area (Å²) in [6.07, 6.45) is 7.64. The zero-order valence-electron chi connectivity index (χ0n) is 22.1. The van der Waals surface area contributed by atoms with Crippen molar-refractivity contribution in [1.29, 1.82) is 5.26 Å². The van der Waals surface area contributed by atoms with Gasteiger partial charge in [-0.15, -0.1) is 0 Å². The lowest BCUT2D eigenvalue weighted by Crippen LogP contribution is -2.50. The number of ether oxygens (including phenoxy) is 1. The summed E-state index contributed by atoms with van der Waals surface area (Å²) in [5, 5.41) is 10.3. The molecule has 2 aliphatic rings. The topological polar surface area (TPSA) is 100 Å². The van der Waals surface area contributed by atoms with Crippen LogP contribution in [0.1, 0.15) is 58.3 Å². The summed E-state index contributed by atoms with van der Waals surface area (Å²) >= 11 is 0. The molecule has 2 fully saturated rings. The Kier molecular flexibility index (Phi) is 8.32. The minimum Gasteiger partial charge on any atom is -0.477 e. The smallest absolute Gasteiger partial charge is 0.239 e. The molecule has 202 valence electrons. The van der Waals surface area contributed by atoms with Crippen molar-refractivity contribution in [3.05, 3.63) is 35.9 Å². The molecule has 5 heterocycles. The van der Waals surface area contributed by atoms with Gasteiger partial charge >= 0.3 is 0 Å². The zero-order chi connectivity index (χ0) is 26.1. The number of carbonyl (C=O) groups excluding carboxylic acids is 1. The minimum atomic E-state index is 0. The van der Waals surface area contributed by atoms with Crippen LogP contribution in [0.15, 0.2) is 24.5 Å². The van der Waals surface area contributed by atoms with Gasteiger partial charge in [-0.05, 0) is 71.0 Å². The number of hydrogen-bond donors (Lipinski definition) is 0. The van der Waals surface area contributed by atoms with Crippen LogP contribution < -0.4 is 4.74 Å². The van der Waals surface area contributed by atoms with Gasteiger partial charge in [-0.3, -0.25) is 9.69 Å². The lowest BCUT2D eigenvalue weighted by atomic mass is 9.97. The molecule has 5 rings (SSSR count). The molecule has 3 aromatic heterocycles. The molecule has 1 atom stereocenters. The summed E-state index contributed by atoms with van der Waals surface area (Å²) < 4.78 is 8.02. The Bertz CT molecular complexity index is 1330. The van der Waals surface area contributed by atoms with Crippen molar-refractivity contribution >= 4 is 16.9 Å². The Morgan fingerprint density at radius 2 is 1.97 bits per heavy atom. The second-order valence-electron chi connectivity index (χ2n) is 10.6. The van der Waals surface area contributed by atoms with Crippen LogP contribution in [-0.2, 0) is 11.8 Å². The van der Waals surface area contributed by atoms with E-state index >= 15 is 0 Å². The molecule has 0 saturated carbocycles. The number of pyridine rings is 1. The second kappa shape index (κ2) is 11.5. The summed E-state index contributed by atoms with van der Waals surface area (Å²) in [4.78, 5) is 30.9. The van der Waals surface area contributed by atoms with Crippen molar-refractivity contribution in [1.82, 2.24) is 29.3 Å².